The largest absolute Gasteiger partial charge is 0.454 e. The van der Waals surface area contributed by atoms with Crippen LogP contribution in [0.5, 0.6) is 11.5 Å². The topological polar surface area (TPSA) is 76.7 Å². The molecule has 0 unspecified atom stereocenters. The Kier molecular flexibility index (Phi) is 5.75. The molecule has 0 radical (unpaired) electrons. The first-order valence-electron chi connectivity index (χ1n) is 8.32. The van der Waals surface area contributed by atoms with Crippen molar-refractivity contribution in [3.8, 4) is 23.3 Å². The molecule has 0 aromatic heterocycles. The van der Waals surface area contributed by atoms with Crippen LogP contribution in [0.15, 0.2) is 48.5 Å². The molecule has 1 aliphatic heterocycles. The van der Waals surface area contributed by atoms with E-state index in [4.69, 9.17) is 9.47 Å². The van der Waals surface area contributed by atoms with Gasteiger partial charge in [0.1, 0.15) is 0 Å². The standard InChI is InChI=1S/C21H18N2O4/c1-15(24)23-18-8-4-16(5-9-18)3-2-12-22-21(25)11-7-17-6-10-19-20(13-17)27-14-26-19/h4-11,13H,12,14H2,1H3,(H,22,25)(H,23,24)/b11-7+. The van der Waals surface area contributed by atoms with E-state index >= 15 is 0 Å². The van der Waals surface area contributed by atoms with Crippen LogP contribution in [0.4, 0.5) is 5.69 Å². The van der Waals surface area contributed by atoms with Crippen LogP contribution in [0, 0.1) is 11.8 Å². The molecule has 0 spiro atoms. The van der Waals surface area contributed by atoms with Gasteiger partial charge in [0.25, 0.3) is 0 Å². The predicted molar refractivity (Wildman–Crippen MR) is 102 cm³/mol. The van der Waals surface area contributed by atoms with Crippen LogP contribution in [-0.4, -0.2) is 25.2 Å². The molecule has 2 N–H and O–H groups in total. The van der Waals surface area contributed by atoms with E-state index in [9.17, 15) is 9.59 Å². The highest BCUT2D eigenvalue weighted by molar-refractivity contribution is 5.92. The highest BCUT2D eigenvalue weighted by Gasteiger charge is 2.12. The maximum Gasteiger partial charge on any atom is 0.244 e. The molecule has 0 fully saturated rings. The van der Waals surface area contributed by atoms with Gasteiger partial charge in [0.05, 0.1) is 6.54 Å². The number of hydrogen-bond donors (Lipinski definition) is 2. The number of rotatable bonds is 4. The van der Waals surface area contributed by atoms with E-state index in [-0.39, 0.29) is 25.2 Å². The minimum Gasteiger partial charge on any atom is -0.454 e. The average molecular weight is 362 g/mol. The van der Waals surface area contributed by atoms with Gasteiger partial charge in [0, 0.05) is 24.3 Å². The summed E-state index contributed by atoms with van der Waals surface area (Å²) in [5, 5.41) is 5.39. The number of carbonyl (C=O) groups excluding carboxylic acids is 2. The normalized spacial score (nSPS) is 11.6. The SMILES string of the molecule is CC(=O)Nc1ccc(C#CCNC(=O)/C=C/c2ccc3c(c2)OCO3)cc1. The summed E-state index contributed by atoms with van der Waals surface area (Å²) >= 11 is 0. The third kappa shape index (κ3) is 5.38. The fourth-order valence-corrected chi connectivity index (χ4v) is 2.37. The van der Waals surface area contributed by atoms with Crippen molar-refractivity contribution in [1.29, 1.82) is 0 Å². The van der Waals surface area contributed by atoms with E-state index in [1.807, 2.05) is 18.2 Å². The van der Waals surface area contributed by atoms with Gasteiger partial charge >= 0.3 is 0 Å². The Morgan fingerprint density at radius 3 is 2.67 bits per heavy atom. The number of fused-ring (bicyclic) bond motifs is 1. The van der Waals surface area contributed by atoms with Gasteiger partial charge in [-0.25, -0.2) is 0 Å². The lowest BCUT2D eigenvalue weighted by atomic mass is 10.2. The molecule has 6 heteroatoms. The summed E-state index contributed by atoms with van der Waals surface area (Å²) in [6, 6.07) is 12.6. The van der Waals surface area contributed by atoms with E-state index in [1.165, 1.54) is 13.0 Å². The second-order valence-electron chi connectivity index (χ2n) is 5.72. The Morgan fingerprint density at radius 1 is 1.11 bits per heavy atom. The van der Waals surface area contributed by atoms with Gasteiger partial charge in [-0.05, 0) is 48.0 Å². The summed E-state index contributed by atoms with van der Waals surface area (Å²) in [4.78, 5) is 22.8. The predicted octanol–water partition coefficient (Wildman–Crippen LogP) is 2.55. The number of benzene rings is 2. The molecule has 3 rings (SSSR count). The molecule has 0 aliphatic carbocycles. The molecule has 2 amide bonds. The van der Waals surface area contributed by atoms with E-state index in [0.29, 0.717) is 11.5 Å². The Labute approximate surface area is 157 Å². The van der Waals surface area contributed by atoms with Crippen molar-refractivity contribution in [1.82, 2.24) is 5.32 Å². The first kappa shape index (κ1) is 18.1. The quantitative estimate of drug-likeness (QED) is 0.647. The zero-order valence-corrected chi connectivity index (χ0v) is 14.7. The zero-order valence-electron chi connectivity index (χ0n) is 14.7. The first-order chi connectivity index (χ1) is 13.1. The molecule has 1 aliphatic rings. The van der Waals surface area contributed by atoms with Crippen LogP contribution >= 0.6 is 0 Å². The van der Waals surface area contributed by atoms with Crippen molar-refractivity contribution in [2.45, 2.75) is 6.92 Å². The van der Waals surface area contributed by atoms with Crippen molar-refractivity contribution in [3.05, 3.63) is 59.7 Å². The Bertz CT molecular complexity index is 937. The monoisotopic (exact) mass is 362 g/mol. The fourth-order valence-electron chi connectivity index (χ4n) is 2.37. The van der Waals surface area contributed by atoms with Crippen LogP contribution in [0.2, 0.25) is 0 Å². The lowest BCUT2D eigenvalue weighted by Gasteiger charge is -2.00. The number of carbonyl (C=O) groups is 2. The molecule has 0 bridgehead atoms. The zero-order chi connectivity index (χ0) is 19.1. The van der Waals surface area contributed by atoms with Crippen LogP contribution in [0.25, 0.3) is 6.08 Å². The van der Waals surface area contributed by atoms with E-state index in [0.717, 1.165) is 16.8 Å². The van der Waals surface area contributed by atoms with Gasteiger partial charge < -0.3 is 20.1 Å². The average Bonchev–Trinajstić information content (AvgIpc) is 3.12. The molecule has 2 aromatic carbocycles. The minimum atomic E-state index is -0.233. The van der Waals surface area contributed by atoms with E-state index in [1.54, 1.807) is 30.3 Å². The summed E-state index contributed by atoms with van der Waals surface area (Å²) < 4.78 is 10.5. The Hall–Kier alpha value is -3.72. The third-order valence-corrected chi connectivity index (χ3v) is 3.61. The van der Waals surface area contributed by atoms with E-state index < -0.39 is 0 Å². The molecule has 6 nitrogen and oxygen atoms in total. The number of nitrogens with one attached hydrogen (secondary N) is 2. The van der Waals surface area contributed by atoms with Crippen LogP contribution in [0.3, 0.4) is 0 Å². The highest BCUT2D eigenvalue weighted by atomic mass is 16.7. The maximum absolute atomic E-state index is 11.8. The van der Waals surface area contributed by atoms with E-state index in [2.05, 4.69) is 22.5 Å². The first-order valence-corrected chi connectivity index (χ1v) is 8.32. The lowest BCUT2D eigenvalue weighted by Crippen LogP contribution is -2.20. The molecule has 0 saturated heterocycles. The minimum absolute atomic E-state index is 0.120. The van der Waals surface area contributed by atoms with Gasteiger partial charge in [-0.1, -0.05) is 17.9 Å². The second kappa shape index (κ2) is 8.59. The highest BCUT2D eigenvalue weighted by Crippen LogP contribution is 2.32. The number of anilines is 1. The van der Waals surface area contributed by atoms with Crippen molar-refractivity contribution < 1.29 is 19.1 Å². The smallest absolute Gasteiger partial charge is 0.244 e. The van der Waals surface area contributed by atoms with Gasteiger partial charge in [-0.3, -0.25) is 9.59 Å². The maximum atomic E-state index is 11.8. The molecular weight excluding hydrogens is 344 g/mol. The van der Waals surface area contributed by atoms with Gasteiger partial charge in [-0.2, -0.15) is 0 Å². The summed E-state index contributed by atoms with van der Waals surface area (Å²) in [6.07, 6.45) is 3.15. The van der Waals surface area contributed by atoms with Crippen LogP contribution in [0.1, 0.15) is 18.1 Å². The molecule has 0 saturated carbocycles. The summed E-state index contributed by atoms with van der Waals surface area (Å²) in [6.45, 7) is 1.91. The number of hydrogen-bond acceptors (Lipinski definition) is 4. The molecular formula is C21H18N2O4. The number of ether oxygens (including phenoxy) is 2. The summed E-state index contributed by atoms with van der Waals surface area (Å²) in [5.74, 6) is 6.86. The van der Waals surface area contributed by atoms with Crippen LogP contribution in [-0.2, 0) is 9.59 Å². The Balaban J connectivity index is 1.47. The lowest BCUT2D eigenvalue weighted by molar-refractivity contribution is -0.116. The van der Waals surface area contributed by atoms with Gasteiger partial charge in [0.2, 0.25) is 18.6 Å². The Morgan fingerprint density at radius 2 is 1.89 bits per heavy atom. The van der Waals surface area contributed by atoms with Crippen molar-refractivity contribution in [2.75, 3.05) is 18.7 Å². The van der Waals surface area contributed by atoms with Gasteiger partial charge in [0.15, 0.2) is 11.5 Å². The van der Waals surface area contributed by atoms with Crippen molar-refractivity contribution in [3.63, 3.8) is 0 Å². The second-order valence-corrected chi connectivity index (χ2v) is 5.72. The molecule has 2 aromatic rings. The van der Waals surface area contributed by atoms with Crippen molar-refractivity contribution >= 4 is 23.6 Å². The number of amides is 2. The molecule has 0 atom stereocenters. The molecule has 27 heavy (non-hydrogen) atoms. The van der Waals surface area contributed by atoms with Crippen LogP contribution < -0.4 is 20.1 Å². The molecule has 136 valence electrons. The fraction of sp³-hybridized carbons (Fsp3) is 0.143. The summed E-state index contributed by atoms with van der Waals surface area (Å²) in [5.41, 5.74) is 2.36. The summed E-state index contributed by atoms with van der Waals surface area (Å²) in [7, 11) is 0. The molecule has 1 heterocycles. The van der Waals surface area contributed by atoms with Gasteiger partial charge in [-0.15, -0.1) is 0 Å². The third-order valence-electron chi connectivity index (χ3n) is 3.61. The van der Waals surface area contributed by atoms with Crippen molar-refractivity contribution in [2.24, 2.45) is 0 Å².